The Bertz CT molecular complexity index is 672. The van der Waals surface area contributed by atoms with Crippen LogP contribution >= 0.6 is 0 Å². The molecule has 2 aromatic rings. The number of amides is 1. The van der Waals surface area contributed by atoms with Gasteiger partial charge in [0.1, 0.15) is 17.3 Å². The average Bonchev–Trinajstić information content (AvgIpc) is 2.77. The first-order valence-corrected chi connectivity index (χ1v) is 6.77. The smallest absolute Gasteiger partial charge is 0.261 e. The van der Waals surface area contributed by atoms with E-state index >= 15 is 0 Å². The highest BCUT2D eigenvalue weighted by atomic mass is 16.3. The second-order valence-electron chi connectivity index (χ2n) is 5.17. The summed E-state index contributed by atoms with van der Waals surface area (Å²) in [6.07, 6.45) is 1.79. The van der Waals surface area contributed by atoms with Crippen LogP contribution in [0.5, 0.6) is 5.75 Å². The number of phenolic OH excluding ortho intramolecular Hbond substituents is 1. The molecule has 4 nitrogen and oxygen atoms in total. The molecule has 1 amide bonds. The lowest BCUT2D eigenvalue weighted by Gasteiger charge is -2.29. The molecular formula is C16H17NO3. The van der Waals surface area contributed by atoms with Crippen molar-refractivity contribution in [2.75, 3.05) is 11.4 Å². The first-order chi connectivity index (χ1) is 9.58. The molecule has 0 spiro atoms. The monoisotopic (exact) mass is 271 g/mol. The quantitative estimate of drug-likeness (QED) is 0.866. The van der Waals surface area contributed by atoms with Crippen LogP contribution < -0.4 is 4.90 Å². The van der Waals surface area contributed by atoms with Crippen LogP contribution in [0.25, 0.3) is 0 Å². The fraction of sp³-hybridized carbons (Fsp3) is 0.312. The maximum atomic E-state index is 12.7. The molecule has 0 saturated carbocycles. The van der Waals surface area contributed by atoms with Gasteiger partial charge in [0.15, 0.2) is 0 Å². The van der Waals surface area contributed by atoms with Crippen LogP contribution in [0.2, 0.25) is 0 Å². The SMILES string of the molecule is Cc1cc(C(=O)N2CCCc3cccc(O)c32)c(C)o1. The van der Waals surface area contributed by atoms with Crippen LogP contribution in [-0.2, 0) is 6.42 Å². The van der Waals surface area contributed by atoms with E-state index in [9.17, 15) is 9.90 Å². The maximum absolute atomic E-state index is 12.7. The summed E-state index contributed by atoms with van der Waals surface area (Å²) in [4.78, 5) is 14.4. The van der Waals surface area contributed by atoms with Crippen molar-refractivity contribution in [1.29, 1.82) is 0 Å². The molecule has 0 fully saturated rings. The third-order valence-electron chi connectivity index (χ3n) is 3.71. The number of carbonyl (C=O) groups excluding carboxylic acids is 1. The molecular weight excluding hydrogens is 254 g/mol. The van der Waals surface area contributed by atoms with Gasteiger partial charge < -0.3 is 14.4 Å². The van der Waals surface area contributed by atoms with Gasteiger partial charge in [-0.1, -0.05) is 12.1 Å². The zero-order valence-electron chi connectivity index (χ0n) is 11.6. The Morgan fingerprint density at radius 3 is 2.85 bits per heavy atom. The van der Waals surface area contributed by atoms with Gasteiger partial charge in [-0.3, -0.25) is 4.79 Å². The molecule has 20 heavy (non-hydrogen) atoms. The summed E-state index contributed by atoms with van der Waals surface area (Å²) in [6.45, 7) is 4.23. The van der Waals surface area contributed by atoms with E-state index in [4.69, 9.17) is 4.42 Å². The number of aromatic hydroxyl groups is 1. The lowest BCUT2D eigenvalue weighted by molar-refractivity contribution is 0.0983. The number of furan rings is 1. The number of hydrogen-bond donors (Lipinski definition) is 1. The number of fused-ring (bicyclic) bond motifs is 1. The summed E-state index contributed by atoms with van der Waals surface area (Å²) in [6, 6.07) is 7.15. The van der Waals surface area contributed by atoms with Crippen LogP contribution in [0.3, 0.4) is 0 Å². The normalized spacial score (nSPS) is 14.2. The average molecular weight is 271 g/mol. The summed E-state index contributed by atoms with van der Waals surface area (Å²) in [5.41, 5.74) is 2.23. The van der Waals surface area contributed by atoms with E-state index in [0.29, 0.717) is 23.6 Å². The molecule has 3 rings (SSSR count). The molecule has 1 aliphatic heterocycles. The Labute approximate surface area is 117 Å². The fourth-order valence-corrected chi connectivity index (χ4v) is 2.82. The number of para-hydroxylation sites is 1. The number of anilines is 1. The molecule has 0 unspecified atom stereocenters. The highest BCUT2D eigenvalue weighted by Crippen LogP contribution is 2.36. The predicted molar refractivity (Wildman–Crippen MR) is 76.3 cm³/mol. The highest BCUT2D eigenvalue weighted by Gasteiger charge is 2.28. The second-order valence-corrected chi connectivity index (χ2v) is 5.17. The van der Waals surface area contributed by atoms with E-state index in [0.717, 1.165) is 24.2 Å². The van der Waals surface area contributed by atoms with Crippen LogP contribution in [0, 0.1) is 13.8 Å². The summed E-state index contributed by atoms with van der Waals surface area (Å²) >= 11 is 0. The Morgan fingerprint density at radius 1 is 1.35 bits per heavy atom. The van der Waals surface area contributed by atoms with Crippen molar-refractivity contribution >= 4 is 11.6 Å². The fourth-order valence-electron chi connectivity index (χ4n) is 2.82. The maximum Gasteiger partial charge on any atom is 0.261 e. The van der Waals surface area contributed by atoms with Crippen molar-refractivity contribution in [2.24, 2.45) is 0 Å². The third kappa shape index (κ3) is 1.97. The Balaban J connectivity index is 2.05. The lowest BCUT2D eigenvalue weighted by Crippen LogP contribution is -2.35. The molecule has 0 atom stereocenters. The Hall–Kier alpha value is -2.23. The van der Waals surface area contributed by atoms with E-state index in [1.807, 2.05) is 19.1 Å². The minimum Gasteiger partial charge on any atom is -0.506 e. The first kappa shape index (κ1) is 12.8. The molecule has 1 aliphatic rings. The van der Waals surface area contributed by atoms with Gasteiger partial charge >= 0.3 is 0 Å². The molecule has 0 bridgehead atoms. The molecule has 0 saturated heterocycles. The minimum atomic E-state index is -0.109. The van der Waals surface area contributed by atoms with Crippen LogP contribution in [-0.4, -0.2) is 17.6 Å². The number of carbonyl (C=O) groups is 1. The van der Waals surface area contributed by atoms with Gasteiger partial charge in [-0.2, -0.15) is 0 Å². The molecule has 4 heteroatoms. The van der Waals surface area contributed by atoms with Gasteiger partial charge in [0.05, 0.1) is 11.3 Å². The van der Waals surface area contributed by atoms with Gasteiger partial charge in [0.25, 0.3) is 5.91 Å². The van der Waals surface area contributed by atoms with Crippen molar-refractivity contribution in [3.05, 3.63) is 46.9 Å². The molecule has 1 aromatic carbocycles. The third-order valence-corrected chi connectivity index (χ3v) is 3.71. The number of nitrogens with zero attached hydrogens (tertiary/aromatic N) is 1. The first-order valence-electron chi connectivity index (χ1n) is 6.77. The van der Waals surface area contributed by atoms with Crippen LogP contribution in [0.4, 0.5) is 5.69 Å². The zero-order valence-corrected chi connectivity index (χ0v) is 11.6. The Kier molecular flexibility index (Phi) is 3.01. The molecule has 2 heterocycles. The second kappa shape index (κ2) is 4.71. The van der Waals surface area contributed by atoms with Crippen molar-refractivity contribution in [1.82, 2.24) is 0 Å². The molecule has 1 aromatic heterocycles. The Morgan fingerprint density at radius 2 is 2.15 bits per heavy atom. The van der Waals surface area contributed by atoms with Gasteiger partial charge in [-0.25, -0.2) is 0 Å². The topological polar surface area (TPSA) is 53.7 Å². The van der Waals surface area contributed by atoms with E-state index < -0.39 is 0 Å². The number of hydrogen-bond acceptors (Lipinski definition) is 3. The molecule has 1 N–H and O–H groups in total. The zero-order chi connectivity index (χ0) is 14.3. The number of benzene rings is 1. The lowest BCUT2D eigenvalue weighted by atomic mass is 10.00. The van der Waals surface area contributed by atoms with Crippen LogP contribution in [0.15, 0.2) is 28.7 Å². The summed E-state index contributed by atoms with van der Waals surface area (Å²) in [5.74, 6) is 1.39. The minimum absolute atomic E-state index is 0.109. The number of aryl methyl sites for hydroxylation is 3. The highest BCUT2D eigenvalue weighted by molar-refractivity contribution is 6.08. The molecule has 0 radical (unpaired) electrons. The van der Waals surface area contributed by atoms with E-state index in [-0.39, 0.29) is 11.7 Å². The largest absolute Gasteiger partial charge is 0.506 e. The standard InChI is InChI=1S/C16H17NO3/c1-10-9-13(11(2)20-10)16(19)17-8-4-6-12-5-3-7-14(18)15(12)17/h3,5,7,9,18H,4,6,8H2,1-2H3. The van der Waals surface area contributed by atoms with Gasteiger partial charge in [-0.05, 0) is 44.4 Å². The molecule has 0 aliphatic carbocycles. The van der Waals surface area contributed by atoms with Crippen LogP contribution in [0.1, 0.15) is 33.9 Å². The van der Waals surface area contributed by atoms with Crippen molar-refractivity contribution in [3.8, 4) is 5.75 Å². The number of phenols is 1. The van der Waals surface area contributed by atoms with Gasteiger partial charge in [0, 0.05) is 6.54 Å². The van der Waals surface area contributed by atoms with E-state index in [2.05, 4.69) is 0 Å². The van der Waals surface area contributed by atoms with E-state index in [1.165, 1.54) is 0 Å². The summed E-state index contributed by atoms with van der Waals surface area (Å²) in [7, 11) is 0. The number of rotatable bonds is 1. The summed E-state index contributed by atoms with van der Waals surface area (Å²) < 4.78 is 5.43. The van der Waals surface area contributed by atoms with E-state index in [1.54, 1.807) is 24.0 Å². The van der Waals surface area contributed by atoms with Gasteiger partial charge in [-0.15, -0.1) is 0 Å². The van der Waals surface area contributed by atoms with Gasteiger partial charge in [0.2, 0.25) is 0 Å². The van der Waals surface area contributed by atoms with Crippen molar-refractivity contribution in [3.63, 3.8) is 0 Å². The summed E-state index contributed by atoms with van der Waals surface area (Å²) in [5, 5.41) is 10.1. The molecule has 104 valence electrons. The van der Waals surface area contributed by atoms with Crippen molar-refractivity contribution in [2.45, 2.75) is 26.7 Å². The predicted octanol–water partition coefficient (Wildman–Crippen LogP) is 3.20. The van der Waals surface area contributed by atoms with Crippen molar-refractivity contribution < 1.29 is 14.3 Å².